The van der Waals surface area contributed by atoms with Gasteiger partial charge in [-0.15, -0.1) is 0 Å². The van der Waals surface area contributed by atoms with Gasteiger partial charge in [-0.1, -0.05) is 140 Å². The fourth-order valence-electron chi connectivity index (χ4n) is 8.58. The van der Waals surface area contributed by atoms with Crippen LogP contribution in [-0.2, 0) is 0 Å². The van der Waals surface area contributed by atoms with E-state index in [9.17, 15) is 0 Å². The lowest BCUT2D eigenvalue weighted by Gasteiger charge is -2.19. The van der Waals surface area contributed by atoms with Crippen LogP contribution in [0.1, 0.15) is 0 Å². The molecule has 2 heterocycles. The molecule has 0 bridgehead atoms. The van der Waals surface area contributed by atoms with Crippen LogP contribution in [0.3, 0.4) is 0 Å². The molecule has 0 aliphatic carbocycles. The first-order valence-corrected chi connectivity index (χ1v) is 17.5. The second-order valence-electron chi connectivity index (χ2n) is 13.5. The maximum atomic E-state index is 4.83. The highest BCUT2D eigenvalue weighted by molar-refractivity contribution is 6.26. The number of aromatic nitrogens is 2. The van der Waals surface area contributed by atoms with Gasteiger partial charge < -0.3 is 4.57 Å². The van der Waals surface area contributed by atoms with Gasteiger partial charge >= 0.3 is 0 Å². The molecular formula is C49H30N2. The SMILES string of the molecule is c1ccc2ncc(-n3c4ccccc4c4cc(-c5c6ccccc6c(-c6cc7ccccc7c7ccccc67)c6ccccc56)ccc43)cc2c1. The van der Waals surface area contributed by atoms with Gasteiger partial charge in [0.25, 0.3) is 0 Å². The van der Waals surface area contributed by atoms with Gasteiger partial charge in [0.1, 0.15) is 0 Å². The van der Waals surface area contributed by atoms with E-state index in [2.05, 4.69) is 174 Å². The van der Waals surface area contributed by atoms with E-state index >= 15 is 0 Å². The molecule has 0 N–H and O–H groups in total. The maximum Gasteiger partial charge on any atom is 0.0703 e. The van der Waals surface area contributed by atoms with Crippen molar-refractivity contribution in [2.24, 2.45) is 0 Å². The Labute approximate surface area is 294 Å². The third kappa shape index (κ3) is 4.14. The van der Waals surface area contributed by atoms with Crippen LogP contribution in [0.2, 0.25) is 0 Å². The van der Waals surface area contributed by atoms with Gasteiger partial charge in [0.05, 0.1) is 28.4 Å². The van der Waals surface area contributed by atoms with Crippen LogP contribution < -0.4 is 0 Å². The number of hydrogen-bond acceptors (Lipinski definition) is 1. The second kappa shape index (κ2) is 10.9. The highest BCUT2D eigenvalue weighted by Crippen LogP contribution is 2.47. The normalized spacial score (nSPS) is 11.9. The summed E-state index contributed by atoms with van der Waals surface area (Å²) in [5.74, 6) is 0. The topological polar surface area (TPSA) is 17.8 Å². The molecule has 0 saturated carbocycles. The average Bonchev–Trinajstić information content (AvgIpc) is 3.53. The van der Waals surface area contributed by atoms with E-state index in [1.165, 1.54) is 87.1 Å². The van der Waals surface area contributed by atoms with Gasteiger partial charge in [-0.25, -0.2) is 0 Å². The highest BCUT2D eigenvalue weighted by atomic mass is 15.0. The Morgan fingerprint density at radius 2 is 0.902 bits per heavy atom. The van der Waals surface area contributed by atoms with Gasteiger partial charge in [-0.2, -0.15) is 0 Å². The van der Waals surface area contributed by atoms with Crippen molar-refractivity contribution in [1.82, 2.24) is 9.55 Å². The third-order valence-corrected chi connectivity index (χ3v) is 10.8. The number of hydrogen-bond donors (Lipinski definition) is 0. The number of para-hydroxylation sites is 2. The minimum atomic E-state index is 1.00. The molecule has 0 amide bonds. The van der Waals surface area contributed by atoms with Gasteiger partial charge in [0, 0.05) is 16.2 Å². The van der Waals surface area contributed by atoms with Crippen LogP contribution in [0.4, 0.5) is 0 Å². The summed E-state index contributed by atoms with van der Waals surface area (Å²) in [5.41, 5.74) is 9.45. The minimum absolute atomic E-state index is 1.00. The molecule has 0 fully saturated rings. The van der Waals surface area contributed by atoms with Gasteiger partial charge in [0.2, 0.25) is 0 Å². The molecule has 0 spiro atoms. The second-order valence-corrected chi connectivity index (χ2v) is 13.5. The van der Waals surface area contributed by atoms with E-state index in [1.54, 1.807) is 0 Å². The van der Waals surface area contributed by atoms with Crippen LogP contribution in [-0.4, -0.2) is 9.55 Å². The smallest absolute Gasteiger partial charge is 0.0703 e. The summed E-state index contributed by atoms with van der Waals surface area (Å²) in [6, 6.07) is 64.3. The Hall–Kier alpha value is -6.77. The summed E-state index contributed by atoms with van der Waals surface area (Å²) >= 11 is 0. The molecule has 0 saturated heterocycles. The van der Waals surface area contributed by atoms with E-state index in [0.29, 0.717) is 0 Å². The summed E-state index contributed by atoms with van der Waals surface area (Å²) in [7, 11) is 0. The van der Waals surface area contributed by atoms with Crippen LogP contribution in [0, 0.1) is 0 Å². The van der Waals surface area contributed by atoms with Crippen molar-refractivity contribution in [2.75, 3.05) is 0 Å². The number of nitrogens with zero attached hydrogens (tertiary/aromatic N) is 2. The molecule has 51 heavy (non-hydrogen) atoms. The van der Waals surface area contributed by atoms with E-state index in [0.717, 1.165) is 16.6 Å². The number of pyridine rings is 1. The summed E-state index contributed by atoms with van der Waals surface area (Å²) in [5, 5.41) is 13.7. The molecule has 2 aromatic heterocycles. The Balaban J connectivity index is 1.21. The Morgan fingerprint density at radius 1 is 0.353 bits per heavy atom. The van der Waals surface area contributed by atoms with Crippen LogP contribution >= 0.6 is 0 Å². The highest BCUT2D eigenvalue weighted by Gasteiger charge is 2.20. The molecule has 0 aliphatic rings. The molecule has 2 nitrogen and oxygen atoms in total. The van der Waals surface area contributed by atoms with Crippen molar-refractivity contribution in [3.05, 3.63) is 182 Å². The standard InChI is InChI=1S/C49H30N2/c1-3-15-35-31(13-1)28-44(37-17-5-4-16-36(35)37)49-41-21-8-6-19-39(41)48(40-20-7-9-22-42(40)49)33-25-26-47-43(29-33)38-18-10-12-24-46(38)51(47)34-27-32-14-2-11-23-45(32)50-30-34/h1-30H. The van der Waals surface area contributed by atoms with Crippen LogP contribution in [0.15, 0.2) is 182 Å². The quantitative estimate of drug-likeness (QED) is 0.138. The fourth-order valence-corrected chi connectivity index (χ4v) is 8.58. The van der Waals surface area contributed by atoms with Gasteiger partial charge in [-0.3, -0.25) is 4.98 Å². The van der Waals surface area contributed by atoms with Crippen molar-refractivity contribution in [2.45, 2.75) is 0 Å². The van der Waals surface area contributed by atoms with E-state index in [-0.39, 0.29) is 0 Å². The minimum Gasteiger partial charge on any atom is -0.308 e. The van der Waals surface area contributed by atoms with Gasteiger partial charge in [0.15, 0.2) is 0 Å². The third-order valence-electron chi connectivity index (χ3n) is 10.8. The zero-order valence-corrected chi connectivity index (χ0v) is 27.7. The number of benzene rings is 9. The predicted octanol–water partition coefficient (Wildman–Crippen LogP) is 13.3. The molecule has 11 rings (SSSR count). The fraction of sp³-hybridized carbons (Fsp3) is 0. The molecular weight excluding hydrogens is 617 g/mol. The summed E-state index contributed by atoms with van der Waals surface area (Å²) < 4.78 is 2.36. The van der Waals surface area contributed by atoms with Crippen molar-refractivity contribution >= 4 is 75.8 Å². The molecule has 0 unspecified atom stereocenters. The first kappa shape index (κ1) is 28.1. The molecule has 11 aromatic rings. The lowest BCUT2D eigenvalue weighted by molar-refractivity contribution is 1.16. The van der Waals surface area contributed by atoms with Crippen molar-refractivity contribution in [3.63, 3.8) is 0 Å². The van der Waals surface area contributed by atoms with Crippen LogP contribution in [0.5, 0.6) is 0 Å². The van der Waals surface area contributed by atoms with Crippen LogP contribution in [0.25, 0.3) is 104 Å². The monoisotopic (exact) mass is 646 g/mol. The Kier molecular flexibility index (Phi) is 5.99. The van der Waals surface area contributed by atoms with Crippen molar-refractivity contribution in [3.8, 4) is 27.9 Å². The largest absolute Gasteiger partial charge is 0.308 e. The lowest BCUT2D eigenvalue weighted by Crippen LogP contribution is -1.95. The lowest BCUT2D eigenvalue weighted by atomic mass is 9.83. The van der Waals surface area contributed by atoms with Crippen molar-refractivity contribution in [1.29, 1.82) is 0 Å². The zero-order valence-electron chi connectivity index (χ0n) is 27.7. The molecule has 2 heteroatoms. The summed E-state index contributed by atoms with van der Waals surface area (Å²) in [6.45, 7) is 0. The van der Waals surface area contributed by atoms with E-state index < -0.39 is 0 Å². The zero-order chi connectivity index (χ0) is 33.5. The molecule has 0 aliphatic heterocycles. The van der Waals surface area contributed by atoms with E-state index in [1.807, 2.05) is 12.3 Å². The predicted molar refractivity (Wildman–Crippen MR) is 217 cm³/mol. The molecule has 0 radical (unpaired) electrons. The first-order valence-electron chi connectivity index (χ1n) is 17.5. The summed E-state index contributed by atoms with van der Waals surface area (Å²) in [6.07, 6.45) is 2.00. The molecule has 236 valence electrons. The van der Waals surface area contributed by atoms with E-state index in [4.69, 9.17) is 4.98 Å². The number of rotatable bonds is 3. The maximum absolute atomic E-state index is 4.83. The Morgan fingerprint density at radius 3 is 1.65 bits per heavy atom. The first-order chi connectivity index (χ1) is 25.3. The molecule has 9 aromatic carbocycles. The summed E-state index contributed by atoms with van der Waals surface area (Å²) in [4.78, 5) is 4.83. The average molecular weight is 647 g/mol. The van der Waals surface area contributed by atoms with Crippen molar-refractivity contribution < 1.29 is 0 Å². The molecule has 0 atom stereocenters. The number of fused-ring (bicyclic) bond motifs is 9. The van der Waals surface area contributed by atoms with Gasteiger partial charge in [-0.05, 0) is 102 Å². The Bertz CT molecular complexity index is 3150.